The van der Waals surface area contributed by atoms with Crippen molar-refractivity contribution in [3.63, 3.8) is 0 Å². The van der Waals surface area contributed by atoms with Crippen LogP contribution in [0.15, 0.2) is 24.3 Å². The number of nitrogens with zero attached hydrogens (tertiary/aromatic N) is 2. The zero-order chi connectivity index (χ0) is 15.5. The van der Waals surface area contributed by atoms with Gasteiger partial charge in [0.15, 0.2) is 0 Å². The van der Waals surface area contributed by atoms with Crippen molar-refractivity contribution < 1.29 is 5.11 Å². The van der Waals surface area contributed by atoms with Crippen LogP contribution in [0.25, 0.3) is 0 Å². The molecule has 0 saturated carbocycles. The van der Waals surface area contributed by atoms with Crippen LogP contribution >= 0.6 is 11.6 Å². The lowest BCUT2D eigenvalue weighted by molar-refractivity contribution is -0.126. The van der Waals surface area contributed by atoms with Gasteiger partial charge in [-0.3, -0.25) is 0 Å². The molecule has 0 amide bonds. The molecule has 0 radical (unpaired) electrons. The van der Waals surface area contributed by atoms with Crippen molar-refractivity contribution >= 4 is 11.6 Å². The summed E-state index contributed by atoms with van der Waals surface area (Å²) in [5, 5.41) is 15.3. The van der Waals surface area contributed by atoms with E-state index in [4.69, 9.17) is 11.6 Å². The molecule has 1 aliphatic heterocycles. The van der Waals surface area contributed by atoms with Crippen molar-refractivity contribution in [3.8, 4) is 0 Å². The average molecular weight is 311 g/mol. The molecule has 21 heavy (non-hydrogen) atoms. The second-order valence-electron chi connectivity index (χ2n) is 6.54. The summed E-state index contributed by atoms with van der Waals surface area (Å²) in [6.45, 7) is 5.99. The predicted molar refractivity (Wildman–Crippen MR) is 88.2 cm³/mol. The van der Waals surface area contributed by atoms with Crippen LogP contribution in [0.3, 0.4) is 0 Å². The Morgan fingerprint density at radius 2 is 2.10 bits per heavy atom. The van der Waals surface area contributed by atoms with Crippen LogP contribution in [0.1, 0.15) is 45.1 Å². The number of hydrogen-bond donors (Lipinski definition) is 1. The van der Waals surface area contributed by atoms with Gasteiger partial charge < -0.3 is 5.11 Å². The molecule has 1 aromatic rings. The molecule has 2 rings (SSSR count). The molecule has 1 aromatic carbocycles. The van der Waals surface area contributed by atoms with E-state index in [9.17, 15) is 5.11 Å². The fourth-order valence-corrected chi connectivity index (χ4v) is 3.75. The highest BCUT2D eigenvalue weighted by molar-refractivity contribution is 6.31. The number of aliphatic hydroxyl groups is 1. The summed E-state index contributed by atoms with van der Waals surface area (Å²) in [4.78, 5) is 0. The normalized spacial score (nSPS) is 25.2. The average Bonchev–Trinajstić information content (AvgIpc) is 2.40. The Bertz CT molecular complexity index is 466. The zero-order valence-corrected chi connectivity index (χ0v) is 14.1. The van der Waals surface area contributed by atoms with Crippen molar-refractivity contribution in [2.45, 2.75) is 57.7 Å². The van der Waals surface area contributed by atoms with Crippen LogP contribution < -0.4 is 0 Å². The highest BCUT2D eigenvalue weighted by atomic mass is 35.5. The lowest BCUT2D eigenvalue weighted by atomic mass is 9.85. The standard InChI is InChI=1S/C17H27ClN2O/c1-14(21)12-17(2)10-6-7-11-20(17)19(3)13-15-8-4-5-9-16(15)18/h4-5,8-9,14,21H,6-7,10-13H2,1-3H3. The first-order chi connectivity index (χ1) is 9.92. The second kappa shape index (κ2) is 7.10. The van der Waals surface area contributed by atoms with Crippen LogP contribution in [0.4, 0.5) is 0 Å². The Balaban J connectivity index is 2.11. The molecule has 118 valence electrons. The lowest BCUT2D eigenvalue weighted by Gasteiger charge is -2.49. The monoisotopic (exact) mass is 310 g/mol. The quantitative estimate of drug-likeness (QED) is 0.898. The maximum Gasteiger partial charge on any atom is 0.0530 e. The Labute approximate surface area is 133 Å². The highest BCUT2D eigenvalue weighted by Gasteiger charge is 2.37. The number of hydrogen-bond acceptors (Lipinski definition) is 3. The summed E-state index contributed by atoms with van der Waals surface area (Å²) in [6.07, 6.45) is 4.11. The van der Waals surface area contributed by atoms with E-state index in [1.807, 2.05) is 25.1 Å². The minimum Gasteiger partial charge on any atom is -0.393 e. The van der Waals surface area contributed by atoms with E-state index in [-0.39, 0.29) is 11.6 Å². The molecule has 3 nitrogen and oxygen atoms in total. The van der Waals surface area contributed by atoms with Crippen molar-refractivity contribution in [2.75, 3.05) is 13.6 Å². The van der Waals surface area contributed by atoms with E-state index in [1.165, 1.54) is 12.8 Å². The molecule has 0 bridgehead atoms. The van der Waals surface area contributed by atoms with Crippen molar-refractivity contribution in [1.29, 1.82) is 0 Å². The number of piperidine rings is 1. The molecule has 0 aliphatic carbocycles. The molecule has 1 saturated heterocycles. The van der Waals surface area contributed by atoms with Gasteiger partial charge in [0.2, 0.25) is 0 Å². The number of hydrazine groups is 1. The predicted octanol–water partition coefficient (Wildman–Crippen LogP) is 3.70. The van der Waals surface area contributed by atoms with Crippen LogP contribution in [-0.2, 0) is 6.54 Å². The summed E-state index contributed by atoms with van der Waals surface area (Å²) >= 11 is 6.28. The largest absolute Gasteiger partial charge is 0.393 e. The van der Waals surface area contributed by atoms with Crippen molar-refractivity contribution in [3.05, 3.63) is 34.9 Å². The molecule has 1 fully saturated rings. The van der Waals surface area contributed by atoms with E-state index < -0.39 is 0 Å². The van der Waals surface area contributed by atoms with Crippen LogP contribution in [-0.4, -0.2) is 40.4 Å². The molecule has 2 atom stereocenters. The molecular weight excluding hydrogens is 284 g/mol. The smallest absolute Gasteiger partial charge is 0.0530 e. The lowest BCUT2D eigenvalue weighted by Crippen LogP contribution is -2.57. The summed E-state index contributed by atoms with van der Waals surface area (Å²) in [6, 6.07) is 8.01. The highest BCUT2D eigenvalue weighted by Crippen LogP contribution is 2.33. The fourth-order valence-electron chi connectivity index (χ4n) is 3.55. The third-order valence-corrected chi connectivity index (χ3v) is 4.83. The van der Waals surface area contributed by atoms with Gasteiger partial charge in [0, 0.05) is 30.7 Å². The summed E-state index contributed by atoms with van der Waals surface area (Å²) in [7, 11) is 2.12. The van der Waals surface area contributed by atoms with Gasteiger partial charge in [-0.15, -0.1) is 0 Å². The Morgan fingerprint density at radius 3 is 2.76 bits per heavy atom. The Hall–Kier alpha value is -0.610. The first kappa shape index (κ1) is 16.8. The van der Waals surface area contributed by atoms with Crippen LogP contribution in [0.2, 0.25) is 5.02 Å². The molecule has 1 N–H and O–H groups in total. The number of benzene rings is 1. The van der Waals surface area contributed by atoms with E-state index >= 15 is 0 Å². The first-order valence-corrected chi connectivity index (χ1v) is 8.20. The van der Waals surface area contributed by atoms with Gasteiger partial charge in [0.05, 0.1) is 6.10 Å². The molecule has 2 unspecified atom stereocenters. The first-order valence-electron chi connectivity index (χ1n) is 7.82. The third kappa shape index (κ3) is 4.19. The fraction of sp³-hybridized carbons (Fsp3) is 0.647. The topological polar surface area (TPSA) is 26.7 Å². The van der Waals surface area contributed by atoms with Crippen LogP contribution in [0, 0.1) is 0 Å². The van der Waals surface area contributed by atoms with Gasteiger partial charge in [0.1, 0.15) is 0 Å². The van der Waals surface area contributed by atoms with Gasteiger partial charge in [-0.1, -0.05) is 36.2 Å². The molecule has 4 heteroatoms. The minimum atomic E-state index is -0.274. The van der Waals surface area contributed by atoms with Crippen molar-refractivity contribution in [2.24, 2.45) is 0 Å². The van der Waals surface area contributed by atoms with Gasteiger partial charge in [-0.05, 0) is 44.7 Å². The summed E-state index contributed by atoms with van der Waals surface area (Å²) in [5.41, 5.74) is 1.18. The summed E-state index contributed by atoms with van der Waals surface area (Å²) < 4.78 is 0. The van der Waals surface area contributed by atoms with Crippen molar-refractivity contribution in [1.82, 2.24) is 10.0 Å². The number of rotatable bonds is 5. The Kier molecular flexibility index (Phi) is 5.67. The molecule has 1 heterocycles. The van der Waals surface area contributed by atoms with E-state index in [0.29, 0.717) is 0 Å². The van der Waals surface area contributed by atoms with Gasteiger partial charge in [0.25, 0.3) is 0 Å². The SMILES string of the molecule is CC(O)CC1(C)CCCCN1N(C)Cc1ccccc1Cl. The van der Waals surface area contributed by atoms with Crippen LogP contribution in [0.5, 0.6) is 0 Å². The summed E-state index contributed by atoms with van der Waals surface area (Å²) in [5.74, 6) is 0. The Morgan fingerprint density at radius 1 is 1.38 bits per heavy atom. The zero-order valence-electron chi connectivity index (χ0n) is 13.3. The van der Waals surface area contributed by atoms with Gasteiger partial charge >= 0.3 is 0 Å². The maximum absolute atomic E-state index is 9.84. The molecule has 1 aliphatic rings. The van der Waals surface area contributed by atoms with E-state index in [2.05, 4.69) is 30.1 Å². The minimum absolute atomic E-state index is 0.0302. The third-order valence-electron chi connectivity index (χ3n) is 4.46. The van der Waals surface area contributed by atoms with Gasteiger partial charge in [-0.25, -0.2) is 10.0 Å². The van der Waals surface area contributed by atoms with E-state index in [1.54, 1.807) is 0 Å². The number of aliphatic hydroxyl groups excluding tert-OH is 1. The molecule has 0 spiro atoms. The molecular formula is C17H27ClN2O. The van der Waals surface area contributed by atoms with Gasteiger partial charge in [-0.2, -0.15) is 0 Å². The molecule has 0 aromatic heterocycles. The second-order valence-corrected chi connectivity index (χ2v) is 6.94. The number of halogens is 1. The van der Waals surface area contributed by atoms with E-state index in [0.717, 1.165) is 36.5 Å². The maximum atomic E-state index is 9.84.